The van der Waals surface area contributed by atoms with Crippen LogP contribution >= 0.6 is 0 Å². The fourth-order valence-corrected chi connectivity index (χ4v) is 0.618. The van der Waals surface area contributed by atoms with Crippen LogP contribution in [0.5, 0.6) is 0 Å². The zero-order valence-electron chi connectivity index (χ0n) is 6.37. The molecule has 0 unspecified atom stereocenters. The van der Waals surface area contributed by atoms with Gasteiger partial charge in [0.15, 0.2) is 0 Å². The summed E-state index contributed by atoms with van der Waals surface area (Å²) in [5.74, 6) is 0.121. The van der Waals surface area contributed by atoms with Crippen LogP contribution in [0.3, 0.4) is 0 Å². The number of nitrogen functional groups attached to an aromatic ring is 1. The van der Waals surface area contributed by atoms with Crippen LogP contribution in [-0.2, 0) is 4.79 Å². The first kappa shape index (κ1) is 10.1. The van der Waals surface area contributed by atoms with Gasteiger partial charge in [-0.15, -0.1) is 0 Å². The van der Waals surface area contributed by atoms with Crippen LogP contribution in [0, 0.1) is 10.8 Å². The first-order valence-electron chi connectivity index (χ1n) is 3.15. The Hall–Kier alpha value is -1.93. The normalized spacial score (nSPS) is 7.33. The summed E-state index contributed by atoms with van der Waals surface area (Å²) in [7, 11) is 0. The summed E-state index contributed by atoms with van der Waals surface area (Å²) in [4.78, 5) is 8.35. The molecule has 0 radical (unpaired) electrons. The van der Waals surface area contributed by atoms with Crippen molar-refractivity contribution < 1.29 is 4.79 Å². The van der Waals surface area contributed by atoms with E-state index in [1.165, 1.54) is 0 Å². The van der Waals surface area contributed by atoms with Crippen molar-refractivity contribution in [3.05, 3.63) is 35.9 Å². The van der Waals surface area contributed by atoms with Crippen LogP contribution in [0.15, 0.2) is 30.3 Å². The van der Waals surface area contributed by atoms with Gasteiger partial charge in [0.25, 0.3) is 0 Å². The van der Waals surface area contributed by atoms with E-state index in [0.29, 0.717) is 0 Å². The lowest BCUT2D eigenvalue weighted by atomic mass is 10.2. The van der Waals surface area contributed by atoms with E-state index in [9.17, 15) is 0 Å². The summed E-state index contributed by atoms with van der Waals surface area (Å²) in [6.07, 6.45) is 0.750. The first-order chi connectivity index (χ1) is 5.72. The molecule has 0 heterocycles. The van der Waals surface area contributed by atoms with Gasteiger partial charge in [-0.05, 0) is 0 Å². The summed E-state index contributed by atoms with van der Waals surface area (Å²) in [6.45, 7) is 0. The van der Waals surface area contributed by atoms with E-state index < -0.39 is 0 Å². The second-order valence-corrected chi connectivity index (χ2v) is 1.88. The molecular formula is C8H9N3O. The Morgan fingerprint density at radius 1 is 1.33 bits per heavy atom. The topological polar surface area (TPSA) is 90.8 Å². The fraction of sp³-hybridized carbons (Fsp3) is 0. The van der Waals surface area contributed by atoms with Crippen LogP contribution in [0.25, 0.3) is 0 Å². The van der Waals surface area contributed by atoms with Gasteiger partial charge in [-0.25, -0.2) is 10.2 Å². The molecule has 0 bridgehead atoms. The first-order valence-corrected chi connectivity index (χ1v) is 3.15. The lowest BCUT2D eigenvalue weighted by molar-refractivity contribution is 0.563. The molecule has 1 aromatic carbocycles. The molecule has 0 aliphatic carbocycles. The van der Waals surface area contributed by atoms with E-state index in [0.717, 1.165) is 11.6 Å². The Kier molecular flexibility index (Phi) is 4.89. The SMILES string of the molecule is N=C(N)c1ccccc1.N=C=O. The highest BCUT2D eigenvalue weighted by molar-refractivity contribution is 5.94. The third-order valence-electron chi connectivity index (χ3n) is 1.08. The maximum absolute atomic E-state index is 8.35. The highest BCUT2D eigenvalue weighted by Gasteiger charge is 1.89. The largest absolute Gasteiger partial charge is 0.384 e. The summed E-state index contributed by atoms with van der Waals surface area (Å²) < 4.78 is 0. The number of hydrogen-bond donors (Lipinski definition) is 3. The summed E-state index contributed by atoms with van der Waals surface area (Å²) in [6, 6.07) is 9.23. The van der Waals surface area contributed by atoms with E-state index in [4.69, 9.17) is 21.3 Å². The maximum atomic E-state index is 8.35. The number of hydrogen-bond acceptors (Lipinski definition) is 3. The van der Waals surface area contributed by atoms with Crippen molar-refractivity contribution in [2.45, 2.75) is 0 Å². The number of nitrogens with two attached hydrogens (primary N) is 1. The standard InChI is InChI=1S/C7H8N2.CHNO/c8-7(9)6-4-2-1-3-5-6;2-1-3/h1-5H,(H3,8,9);2H. The Balaban J connectivity index is 0.000000354. The highest BCUT2D eigenvalue weighted by Crippen LogP contribution is 1.94. The van der Waals surface area contributed by atoms with Gasteiger partial charge in [-0.2, -0.15) is 0 Å². The number of isocyanates is 1. The van der Waals surface area contributed by atoms with Gasteiger partial charge in [0.05, 0.1) is 0 Å². The van der Waals surface area contributed by atoms with Crippen LogP contribution < -0.4 is 5.73 Å². The summed E-state index contributed by atoms with van der Waals surface area (Å²) in [5, 5.41) is 12.4. The minimum Gasteiger partial charge on any atom is -0.384 e. The smallest absolute Gasteiger partial charge is 0.231 e. The number of carbonyl (C=O) groups excluding carboxylic acids is 1. The molecule has 0 aliphatic heterocycles. The van der Waals surface area contributed by atoms with E-state index in [1.807, 2.05) is 30.3 Å². The Morgan fingerprint density at radius 3 is 2.00 bits per heavy atom. The molecule has 0 saturated heterocycles. The number of amidine groups is 1. The van der Waals surface area contributed by atoms with Crippen molar-refractivity contribution in [1.82, 2.24) is 0 Å². The molecule has 0 amide bonds. The average molecular weight is 163 g/mol. The van der Waals surface area contributed by atoms with Gasteiger partial charge in [0.2, 0.25) is 6.08 Å². The molecule has 0 aliphatic rings. The summed E-state index contributed by atoms with van der Waals surface area (Å²) >= 11 is 0. The molecule has 0 saturated carbocycles. The van der Waals surface area contributed by atoms with Gasteiger partial charge in [0, 0.05) is 5.56 Å². The predicted molar refractivity (Wildman–Crippen MR) is 45.9 cm³/mol. The highest BCUT2D eigenvalue weighted by atomic mass is 16.1. The summed E-state index contributed by atoms with van der Waals surface area (Å²) in [5.41, 5.74) is 5.97. The van der Waals surface area contributed by atoms with Crippen LogP contribution in [0.2, 0.25) is 0 Å². The third-order valence-corrected chi connectivity index (χ3v) is 1.08. The predicted octanol–water partition coefficient (Wildman–Crippen LogP) is 0.872. The molecule has 0 aromatic heterocycles. The molecule has 0 atom stereocenters. The quantitative estimate of drug-likeness (QED) is 0.325. The van der Waals surface area contributed by atoms with Gasteiger partial charge in [0.1, 0.15) is 5.84 Å². The molecule has 62 valence electrons. The molecular weight excluding hydrogens is 154 g/mol. The number of nitrogens with one attached hydrogen (secondary N) is 2. The molecule has 1 aromatic rings. The van der Waals surface area contributed by atoms with E-state index >= 15 is 0 Å². The van der Waals surface area contributed by atoms with Gasteiger partial charge in [-0.3, -0.25) is 5.41 Å². The molecule has 4 N–H and O–H groups in total. The van der Waals surface area contributed by atoms with E-state index in [-0.39, 0.29) is 5.84 Å². The van der Waals surface area contributed by atoms with Crippen LogP contribution in [0.1, 0.15) is 5.56 Å². The van der Waals surface area contributed by atoms with Crippen molar-refractivity contribution in [2.75, 3.05) is 0 Å². The Labute approximate surface area is 70.0 Å². The van der Waals surface area contributed by atoms with Crippen molar-refractivity contribution in [2.24, 2.45) is 5.73 Å². The zero-order chi connectivity index (χ0) is 9.40. The van der Waals surface area contributed by atoms with Crippen molar-refractivity contribution in [3.63, 3.8) is 0 Å². The molecule has 0 fully saturated rings. The monoisotopic (exact) mass is 163 g/mol. The molecule has 4 heteroatoms. The lowest BCUT2D eigenvalue weighted by Crippen LogP contribution is -2.10. The zero-order valence-corrected chi connectivity index (χ0v) is 6.37. The van der Waals surface area contributed by atoms with Crippen LogP contribution in [-0.4, -0.2) is 11.9 Å². The van der Waals surface area contributed by atoms with E-state index in [2.05, 4.69) is 0 Å². The van der Waals surface area contributed by atoms with Crippen molar-refractivity contribution >= 4 is 11.9 Å². The average Bonchev–Trinajstić information content (AvgIpc) is 2.07. The van der Waals surface area contributed by atoms with E-state index in [1.54, 1.807) is 0 Å². The van der Waals surface area contributed by atoms with Crippen LogP contribution in [0.4, 0.5) is 0 Å². The second kappa shape index (κ2) is 5.82. The fourth-order valence-electron chi connectivity index (χ4n) is 0.618. The molecule has 1 rings (SSSR count). The molecule has 0 spiro atoms. The number of rotatable bonds is 1. The van der Waals surface area contributed by atoms with Crippen molar-refractivity contribution in [1.29, 1.82) is 10.8 Å². The Bertz CT molecular complexity index is 276. The third kappa shape index (κ3) is 3.98. The molecule has 4 nitrogen and oxygen atoms in total. The van der Waals surface area contributed by atoms with Gasteiger partial charge >= 0.3 is 0 Å². The van der Waals surface area contributed by atoms with Gasteiger partial charge in [-0.1, -0.05) is 30.3 Å². The van der Waals surface area contributed by atoms with Crippen molar-refractivity contribution in [3.8, 4) is 0 Å². The maximum Gasteiger partial charge on any atom is 0.231 e. The molecule has 12 heavy (non-hydrogen) atoms. The lowest BCUT2D eigenvalue weighted by Gasteiger charge is -1.93. The second-order valence-electron chi connectivity index (χ2n) is 1.88. The van der Waals surface area contributed by atoms with Gasteiger partial charge < -0.3 is 5.73 Å². The Morgan fingerprint density at radius 2 is 1.75 bits per heavy atom. The number of benzene rings is 1. The minimum absolute atomic E-state index is 0.121. The minimum atomic E-state index is 0.121.